The maximum atomic E-state index is 6.30. The Bertz CT molecular complexity index is 219. The van der Waals surface area contributed by atoms with E-state index in [1.807, 2.05) is 0 Å². The number of hydrogen-bond acceptors (Lipinski definition) is 3. The highest BCUT2D eigenvalue weighted by molar-refractivity contribution is 4.90. The van der Waals surface area contributed by atoms with E-state index in [2.05, 4.69) is 23.8 Å². The van der Waals surface area contributed by atoms with Gasteiger partial charge in [-0.2, -0.15) is 0 Å². The van der Waals surface area contributed by atoms with Crippen LogP contribution in [-0.4, -0.2) is 54.6 Å². The number of rotatable bonds is 1. The Labute approximate surface area is 100.0 Å². The Balaban J connectivity index is 2.00. The average Bonchev–Trinajstić information content (AvgIpc) is 2.40. The first-order valence-electron chi connectivity index (χ1n) is 6.88. The van der Waals surface area contributed by atoms with Gasteiger partial charge in [0.2, 0.25) is 0 Å². The van der Waals surface area contributed by atoms with Crippen molar-refractivity contribution in [2.45, 2.75) is 57.2 Å². The zero-order valence-electron chi connectivity index (χ0n) is 10.9. The fraction of sp³-hybridized carbons (Fsp3) is 1.00. The zero-order valence-corrected chi connectivity index (χ0v) is 10.9. The molecule has 0 bridgehead atoms. The Hall–Kier alpha value is -0.120. The van der Waals surface area contributed by atoms with E-state index in [4.69, 9.17) is 5.73 Å². The van der Waals surface area contributed by atoms with Gasteiger partial charge >= 0.3 is 0 Å². The van der Waals surface area contributed by atoms with Gasteiger partial charge in [-0.15, -0.1) is 0 Å². The second kappa shape index (κ2) is 5.48. The fourth-order valence-electron chi connectivity index (χ4n) is 3.44. The Morgan fingerprint density at radius 2 is 1.81 bits per heavy atom. The van der Waals surface area contributed by atoms with Crippen molar-refractivity contribution >= 4 is 0 Å². The SMILES string of the molecule is CC1CN(C)CCCN1C1CCCCC1N. The third-order valence-corrected chi connectivity index (χ3v) is 4.31. The van der Waals surface area contributed by atoms with Gasteiger partial charge in [-0.1, -0.05) is 12.8 Å². The van der Waals surface area contributed by atoms with E-state index < -0.39 is 0 Å². The van der Waals surface area contributed by atoms with Crippen LogP contribution in [0.1, 0.15) is 39.0 Å². The van der Waals surface area contributed by atoms with Crippen LogP contribution in [0.3, 0.4) is 0 Å². The van der Waals surface area contributed by atoms with E-state index in [0.717, 1.165) is 0 Å². The van der Waals surface area contributed by atoms with E-state index in [1.165, 1.54) is 51.7 Å². The highest BCUT2D eigenvalue weighted by atomic mass is 15.3. The van der Waals surface area contributed by atoms with Crippen LogP contribution in [-0.2, 0) is 0 Å². The predicted molar refractivity (Wildman–Crippen MR) is 68.5 cm³/mol. The number of likely N-dealkylation sites (N-methyl/N-ethyl adjacent to an activating group) is 1. The molecule has 3 heteroatoms. The van der Waals surface area contributed by atoms with Gasteiger partial charge in [0.25, 0.3) is 0 Å². The Morgan fingerprint density at radius 1 is 1.06 bits per heavy atom. The van der Waals surface area contributed by atoms with Crippen molar-refractivity contribution in [3.8, 4) is 0 Å². The van der Waals surface area contributed by atoms with Crippen LogP contribution >= 0.6 is 0 Å². The van der Waals surface area contributed by atoms with Crippen LogP contribution in [0.2, 0.25) is 0 Å². The minimum atomic E-state index is 0.416. The van der Waals surface area contributed by atoms with Gasteiger partial charge in [0.1, 0.15) is 0 Å². The minimum absolute atomic E-state index is 0.416. The lowest BCUT2D eigenvalue weighted by molar-refractivity contribution is 0.0986. The smallest absolute Gasteiger partial charge is 0.0250 e. The molecule has 1 saturated heterocycles. The Morgan fingerprint density at radius 3 is 2.56 bits per heavy atom. The van der Waals surface area contributed by atoms with Gasteiger partial charge in [0.15, 0.2) is 0 Å². The molecule has 1 aliphatic carbocycles. The van der Waals surface area contributed by atoms with Crippen LogP contribution in [0.15, 0.2) is 0 Å². The van der Waals surface area contributed by atoms with Gasteiger partial charge in [0, 0.05) is 31.2 Å². The molecule has 3 nitrogen and oxygen atoms in total. The molecule has 0 spiro atoms. The minimum Gasteiger partial charge on any atom is -0.326 e. The molecule has 0 aromatic carbocycles. The molecule has 2 N–H and O–H groups in total. The molecule has 1 aliphatic heterocycles. The Kier molecular flexibility index (Phi) is 4.22. The maximum absolute atomic E-state index is 6.30. The molecule has 3 atom stereocenters. The average molecular weight is 225 g/mol. The molecule has 2 aliphatic rings. The quantitative estimate of drug-likeness (QED) is 0.730. The number of hydrogen-bond donors (Lipinski definition) is 1. The second-order valence-corrected chi connectivity index (χ2v) is 5.72. The highest BCUT2D eigenvalue weighted by Gasteiger charge is 2.31. The van der Waals surface area contributed by atoms with Crippen molar-refractivity contribution < 1.29 is 0 Å². The largest absolute Gasteiger partial charge is 0.326 e. The van der Waals surface area contributed by atoms with Gasteiger partial charge in [-0.05, 0) is 39.8 Å². The summed E-state index contributed by atoms with van der Waals surface area (Å²) in [6, 6.07) is 1.73. The van der Waals surface area contributed by atoms with E-state index in [0.29, 0.717) is 18.1 Å². The lowest BCUT2D eigenvalue weighted by atomic mass is 9.89. The third-order valence-electron chi connectivity index (χ3n) is 4.31. The first kappa shape index (κ1) is 12.3. The van der Waals surface area contributed by atoms with Crippen LogP contribution in [0.25, 0.3) is 0 Å². The molecule has 2 rings (SSSR count). The van der Waals surface area contributed by atoms with Crippen molar-refractivity contribution in [2.75, 3.05) is 26.7 Å². The summed E-state index contributed by atoms with van der Waals surface area (Å²) < 4.78 is 0. The topological polar surface area (TPSA) is 32.5 Å². The van der Waals surface area contributed by atoms with Gasteiger partial charge < -0.3 is 10.6 Å². The fourth-order valence-corrected chi connectivity index (χ4v) is 3.44. The molecular weight excluding hydrogens is 198 g/mol. The molecular formula is C13H27N3. The molecule has 3 unspecified atom stereocenters. The molecule has 2 fully saturated rings. The predicted octanol–water partition coefficient (Wildman–Crippen LogP) is 1.28. The summed E-state index contributed by atoms with van der Waals surface area (Å²) in [5, 5.41) is 0. The lowest BCUT2D eigenvalue weighted by Gasteiger charge is -2.41. The van der Waals surface area contributed by atoms with E-state index in [-0.39, 0.29) is 0 Å². The van der Waals surface area contributed by atoms with Crippen molar-refractivity contribution in [1.82, 2.24) is 9.80 Å². The van der Waals surface area contributed by atoms with Crippen LogP contribution in [0.5, 0.6) is 0 Å². The van der Waals surface area contributed by atoms with Crippen molar-refractivity contribution in [3.63, 3.8) is 0 Å². The van der Waals surface area contributed by atoms with Crippen molar-refractivity contribution in [2.24, 2.45) is 5.73 Å². The number of nitrogens with zero attached hydrogens (tertiary/aromatic N) is 2. The van der Waals surface area contributed by atoms with E-state index in [1.54, 1.807) is 0 Å². The second-order valence-electron chi connectivity index (χ2n) is 5.72. The van der Waals surface area contributed by atoms with Gasteiger partial charge in [-0.25, -0.2) is 0 Å². The summed E-state index contributed by atoms with van der Waals surface area (Å²) in [6.07, 6.45) is 6.54. The van der Waals surface area contributed by atoms with Crippen LogP contribution in [0.4, 0.5) is 0 Å². The van der Waals surface area contributed by atoms with Gasteiger partial charge in [0.05, 0.1) is 0 Å². The summed E-state index contributed by atoms with van der Waals surface area (Å²) in [5.41, 5.74) is 6.30. The van der Waals surface area contributed by atoms with E-state index >= 15 is 0 Å². The summed E-state index contributed by atoms with van der Waals surface area (Å²) >= 11 is 0. The molecule has 94 valence electrons. The van der Waals surface area contributed by atoms with Crippen LogP contribution in [0, 0.1) is 0 Å². The molecule has 1 saturated carbocycles. The van der Waals surface area contributed by atoms with Crippen molar-refractivity contribution in [1.29, 1.82) is 0 Å². The lowest BCUT2D eigenvalue weighted by Crippen LogP contribution is -2.53. The standard InChI is InChI=1S/C13H27N3/c1-11-10-15(2)8-5-9-16(11)13-7-4-3-6-12(13)14/h11-13H,3-10,14H2,1-2H3. The molecule has 0 amide bonds. The highest BCUT2D eigenvalue weighted by Crippen LogP contribution is 2.25. The summed E-state index contributed by atoms with van der Waals surface area (Å²) in [6.45, 7) is 6.04. The first-order chi connectivity index (χ1) is 7.68. The molecule has 16 heavy (non-hydrogen) atoms. The molecule has 0 aromatic rings. The third kappa shape index (κ3) is 2.76. The monoisotopic (exact) mass is 225 g/mol. The van der Waals surface area contributed by atoms with Crippen LogP contribution < -0.4 is 5.73 Å². The number of nitrogens with two attached hydrogens (primary N) is 1. The molecule has 0 radical (unpaired) electrons. The first-order valence-corrected chi connectivity index (χ1v) is 6.88. The summed E-state index contributed by atoms with van der Waals surface area (Å²) in [7, 11) is 2.24. The molecule has 1 heterocycles. The summed E-state index contributed by atoms with van der Waals surface area (Å²) in [5.74, 6) is 0. The molecule has 0 aromatic heterocycles. The normalized spacial score (nSPS) is 39.6. The summed E-state index contributed by atoms with van der Waals surface area (Å²) in [4.78, 5) is 5.15. The maximum Gasteiger partial charge on any atom is 0.0250 e. The zero-order chi connectivity index (χ0) is 11.5. The van der Waals surface area contributed by atoms with E-state index in [9.17, 15) is 0 Å². The van der Waals surface area contributed by atoms with Crippen molar-refractivity contribution in [3.05, 3.63) is 0 Å². The van der Waals surface area contributed by atoms with Gasteiger partial charge in [-0.3, -0.25) is 4.90 Å².